The number of urea groups is 1. The molecular weight excluding hydrogens is 344 g/mol. The van der Waals surface area contributed by atoms with E-state index in [0.717, 1.165) is 0 Å². The zero-order valence-corrected chi connectivity index (χ0v) is 14.6. The van der Waals surface area contributed by atoms with Crippen molar-refractivity contribution in [3.8, 4) is 11.5 Å². The molecule has 2 amide bonds. The van der Waals surface area contributed by atoms with Gasteiger partial charge in [0, 0.05) is 29.7 Å². The van der Waals surface area contributed by atoms with Crippen molar-refractivity contribution < 1.29 is 14.3 Å². The van der Waals surface area contributed by atoms with Crippen molar-refractivity contribution in [1.82, 2.24) is 10.4 Å². The number of nitrogens with one attached hydrogen (secondary N) is 3. The van der Waals surface area contributed by atoms with Crippen LogP contribution in [0.15, 0.2) is 73.1 Å². The lowest BCUT2D eigenvalue weighted by atomic mass is 10.1. The Hall–Kier alpha value is -3.87. The quantitative estimate of drug-likeness (QED) is 0.451. The second-order valence-electron chi connectivity index (χ2n) is 5.65. The van der Waals surface area contributed by atoms with Gasteiger partial charge in [0.2, 0.25) is 0 Å². The molecule has 7 nitrogen and oxygen atoms in total. The van der Waals surface area contributed by atoms with Crippen LogP contribution in [0.25, 0.3) is 0 Å². The van der Waals surface area contributed by atoms with Gasteiger partial charge in [-0.1, -0.05) is 18.2 Å². The number of pyridine rings is 1. The van der Waals surface area contributed by atoms with Gasteiger partial charge in [0.05, 0.1) is 5.69 Å². The first-order chi connectivity index (χ1) is 13.1. The molecule has 0 radical (unpaired) electrons. The molecular formula is C20H18N4O3. The third-order valence-corrected chi connectivity index (χ3v) is 3.57. The van der Waals surface area contributed by atoms with Gasteiger partial charge in [-0.25, -0.2) is 4.79 Å². The summed E-state index contributed by atoms with van der Waals surface area (Å²) in [5, 5.41) is 2.66. The minimum absolute atomic E-state index is 0.0665. The van der Waals surface area contributed by atoms with Crippen molar-refractivity contribution in [2.24, 2.45) is 0 Å². The molecule has 7 heteroatoms. The summed E-state index contributed by atoms with van der Waals surface area (Å²) in [5.74, 6) is 1.21. The Morgan fingerprint density at radius 3 is 2.41 bits per heavy atom. The number of benzene rings is 2. The number of hydrogen-bond donors (Lipinski definition) is 3. The average Bonchev–Trinajstić information content (AvgIpc) is 2.68. The van der Waals surface area contributed by atoms with Crippen molar-refractivity contribution in [3.05, 3.63) is 78.6 Å². The van der Waals surface area contributed by atoms with Crippen molar-refractivity contribution >= 4 is 23.2 Å². The van der Waals surface area contributed by atoms with Gasteiger partial charge in [-0.15, -0.1) is 0 Å². The molecule has 0 bridgehead atoms. The van der Waals surface area contributed by atoms with Gasteiger partial charge in [0.1, 0.15) is 11.5 Å². The second-order valence-corrected chi connectivity index (χ2v) is 5.65. The van der Waals surface area contributed by atoms with Crippen LogP contribution in [-0.2, 0) is 0 Å². The van der Waals surface area contributed by atoms with Crippen LogP contribution in [0.2, 0.25) is 0 Å². The van der Waals surface area contributed by atoms with E-state index in [1.807, 2.05) is 0 Å². The first kappa shape index (κ1) is 17.9. The van der Waals surface area contributed by atoms with Crippen molar-refractivity contribution in [2.75, 3.05) is 10.7 Å². The zero-order valence-electron chi connectivity index (χ0n) is 14.6. The maximum Gasteiger partial charge on any atom is 0.337 e. The van der Waals surface area contributed by atoms with E-state index in [-0.39, 0.29) is 5.78 Å². The van der Waals surface area contributed by atoms with E-state index < -0.39 is 6.03 Å². The number of aromatic nitrogens is 1. The topological polar surface area (TPSA) is 92.4 Å². The molecule has 0 aliphatic rings. The summed E-state index contributed by atoms with van der Waals surface area (Å²) in [6.07, 6.45) is 3.29. The lowest BCUT2D eigenvalue weighted by molar-refractivity contribution is 0.101. The zero-order chi connectivity index (χ0) is 19.1. The molecule has 1 aromatic heterocycles. The third-order valence-electron chi connectivity index (χ3n) is 3.57. The Kier molecular flexibility index (Phi) is 5.64. The summed E-state index contributed by atoms with van der Waals surface area (Å²) in [7, 11) is 0. The second kappa shape index (κ2) is 8.48. The van der Waals surface area contributed by atoms with Crippen molar-refractivity contribution in [1.29, 1.82) is 0 Å². The van der Waals surface area contributed by atoms with Crippen LogP contribution in [0.5, 0.6) is 11.5 Å². The summed E-state index contributed by atoms with van der Waals surface area (Å²) in [6, 6.07) is 16.9. The van der Waals surface area contributed by atoms with Gasteiger partial charge in [0.25, 0.3) is 0 Å². The smallest absolute Gasteiger partial charge is 0.337 e. The Bertz CT molecular complexity index is 945. The van der Waals surface area contributed by atoms with Crippen molar-refractivity contribution in [3.63, 3.8) is 0 Å². The summed E-state index contributed by atoms with van der Waals surface area (Å²) >= 11 is 0. The molecule has 2 aromatic carbocycles. The molecule has 3 N–H and O–H groups in total. The van der Waals surface area contributed by atoms with E-state index in [1.54, 1.807) is 73.1 Å². The monoisotopic (exact) mass is 362 g/mol. The number of hydrogen-bond acceptors (Lipinski definition) is 5. The highest BCUT2D eigenvalue weighted by Crippen LogP contribution is 2.23. The third kappa shape index (κ3) is 5.30. The van der Waals surface area contributed by atoms with Crippen LogP contribution in [-0.4, -0.2) is 16.8 Å². The van der Waals surface area contributed by atoms with Gasteiger partial charge < -0.3 is 10.1 Å². The van der Waals surface area contributed by atoms with Gasteiger partial charge in [-0.3, -0.25) is 20.6 Å². The SMILES string of the molecule is CC(=O)c1cccc(NC(=O)NNc2cccc(Oc3ccncc3)c2)c1. The molecule has 0 aliphatic heterocycles. The number of Topliss-reactive ketones (excluding diaryl/α,β-unsaturated/α-hetero) is 1. The fourth-order valence-electron chi connectivity index (χ4n) is 2.29. The number of hydrazine groups is 1. The predicted octanol–water partition coefficient (Wildman–Crippen LogP) is 4.23. The molecule has 3 aromatic rings. The van der Waals surface area contributed by atoms with Gasteiger partial charge in [-0.2, -0.15) is 0 Å². The summed E-state index contributed by atoms with van der Waals surface area (Å²) in [5.41, 5.74) is 7.05. The Balaban J connectivity index is 1.56. The first-order valence-electron chi connectivity index (χ1n) is 8.22. The molecule has 0 spiro atoms. The normalized spacial score (nSPS) is 9.96. The number of rotatable bonds is 6. The fraction of sp³-hybridized carbons (Fsp3) is 0.0500. The van der Waals surface area contributed by atoms with Gasteiger partial charge in [-0.05, 0) is 43.3 Å². The summed E-state index contributed by atoms with van der Waals surface area (Å²) in [6.45, 7) is 1.47. The maximum absolute atomic E-state index is 12.0. The summed E-state index contributed by atoms with van der Waals surface area (Å²) < 4.78 is 5.72. The number of carbonyl (C=O) groups excluding carboxylic acids is 2. The Morgan fingerprint density at radius 2 is 1.63 bits per heavy atom. The highest BCUT2D eigenvalue weighted by atomic mass is 16.5. The highest BCUT2D eigenvalue weighted by molar-refractivity contribution is 5.96. The van der Waals surface area contributed by atoms with Gasteiger partial charge in [0.15, 0.2) is 5.78 Å². The number of amides is 2. The van der Waals surface area contributed by atoms with E-state index in [0.29, 0.717) is 28.4 Å². The Morgan fingerprint density at radius 1 is 0.889 bits per heavy atom. The number of ether oxygens (including phenoxy) is 1. The molecule has 3 rings (SSSR count). The van der Waals surface area contributed by atoms with Crippen molar-refractivity contribution in [2.45, 2.75) is 6.92 Å². The van der Waals surface area contributed by atoms with E-state index in [4.69, 9.17) is 4.74 Å². The number of nitrogens with zero attached hydrogens (tertiary/aromatic N) is 1. The fourth-order valence-corrected chi connectivity index (χ4v) is 2.29. The maximum atomic E-state index is 12.0. The predicted molar refractivity (Wildman–Crippen MR) is 103 cm³/mol. The van der Waals surface area contributed by atoms with Crippen LogP contribution < -0.4 is 20.9 Å². The molecule has 0 saturated heterocycles. The van der Waals surface area contributed by atoms with Crippen LogP contribution in [0.3, 0.4) is 0 Å². The number of ketones is 1. The number of carbonyl (C=O) groups is 2. The minimum Gasteiger partial charge on any atom is -0.457 e. The number of anilines is 2. The van der Waals surface area contributed by atoms with Gasteiger partial charge >= 0.3 is 6.03 Å². The van der Waals surface area contributed by atoms with Crippen LogP contribution in [0.4, 0.5) is 16.2 Å². The molecule has 0 unspecified atom stereocenters. The minimum atomic E-state index is -0.462. The molecule has 0 saturated carbocycles. The lowest BCUT2D eigenvalue weighted by Gasteiger charge is -2.12. The standard InChI is InChI=1S/C20H18N4O3/c1-14(25)15-4-2-5-16(12-15)22-20(26)24-23-17-6-3-7-19(13-17)27-18-8-10-21-11-9-18/h2-13,23H,1H3,(H2,22,24,26). The molecule has 0 fully saturated rings. The first-order valence-corrected chi connectivity index (χ1v) is 8.22. The molecule has 1 heterocycles. The molecule has 0 atom stereocenters. The van der Waals surface area contributed by atoms with E-state index in [9.17, 15) is 9.59 Å². The van der Waals surface area contributed by atoms with E-state index in [1.165, 1.54) is 6.92 Å². The van der Waals surface area contributed by atoms with Crippen LogP contribution in [0.1, 0.15) is 17.3 Å². The molecule has 136 valence electrons. The largest absolute Gasteiger partial charge is 0.457 e. The van der Waals surface area contributed by atoms with E-state index in [2.05, 4.69) is 21.2 Å². The highest BCUT2D eigenvalue weighted by Gasteiger charge is 2.05. The summed E-state index contributed by atoms with van der Waals surface area (Å²) in [4.78, 5) is 27.4. The Labute approximate surface area is 156 Å². The lowest BCUT2D eigenvalue weighted by Crippen LogP contribution is -2.33. The molecule has 0 aliphatic carbocycles. The molecule has 27 heavy (non-hydrogen) atoms. The van der Waals surface area contributed by atoms with Crippen LogP contribution >= 0.6 is 0 Å². The average molecular weight is 362 g/mol. The van der Waals surface area contributed by atoms with Crippen LogP contribution in [0, 0.1) is 0 Å². The van der Waals surface area contributed by atoms with E-state index >= 15 is 0 Å².